The van der Waals surface area contributed by atoms with E-state index in [4.69, 9.17) is 16.7 Å². The van der Waals surface area contributed by atoms with E-state index < -0.39 is 11.2 Å². The molecule has 0 spiro atoms. The smallest absolute Gasteiger partial charge is 0.303 e. The Labute approximate surface area is 70.3 Å². The Morgan fingerprint density at radius 3 is 2.45 bits per heavy atom. The van der Waals surface area contributed by atoms with Crippen LogP contribution in [0.2, 0.25) is 0 Å². The molecule has 1 N–H and O–H groups in total. The summed E-state index contributed by atoms with van der Waals surface area (Å²) in [5.74, 6) is -1.06. The van der Waals surface area contributed by atoms with Crippen LogP contribution < -0.4 is 0 Å². The van der Waals surface area contributed by atoms with Gasteiger partial charge in [0.25, 0.3) is 0 Å². The van der Waals surface area contributed by atoms with Crippen molar-refractivity contribution >= 4 is 22.8 Å². The highest BCUT2D eigenvalue weighted by Crippen LogP contribution is 2.10. The van der Waals surface area contributed by atoms with Crippen LogP contribution in [0.15, 0.2) is 0 Å². The van der Waals surface area contributed by atoms with Crippen molar-refractivity contribution in [3.63, 3.8) is 0 Å². The molecular weight excluding hydrogens is 168 g/mol. The third-order valence-electron chi connectivity index (χ3n) is 1.42. The maximum absolute atomic E-state index is 10.4. The highest BCUT2D eigenvalue weighted by Gasteiger charge is 2.09. The lowest BCUT2D eigenvalue weighted by molar-refractivity contribution is -0.137. The largest absolute Gasteiger partial charge is 0.481 e. The summed E-state index contributed by atoms with van der Waals surface area (Å²) < 4.78 is 0. The van der Waals surface area contributed by atoms with Gasteiger partial charge in [0, 0.05) is 12.3 Å². The van der Waals surface area contributed by atoms with Gasteiger partial charge in [-0.15, -0.1) is 0 Å². The molecule has 1 atom stereocenters. The SMILES string of the molecule is CC(CCCC(=O)O)C(=O)Cl. The summed E-state index contributed by atoms with van der Waals surface area (Å²) in [5, 5.41) is 7.85. The molecule has 1 unspecified atom stereocenters. The van der Waals surface area contributed by atoms with Crippen molar-refractivity contribution in [1.29, 1.82) is 0 Å². The minimum atomic E-state index is -0.834. The van der Waals surface area contributed by atoms with Gasteiger partial charge in [-0.1, -0.05) is 6.92 Å². The van der Waals surface area contributed by atoms with E-state index in [0.29, 0.717) is 12.8 Å². The summed E-state index contributed by atoms with van der Waals surface area (Å²) in [6.07, 6.45) is 1.16. The van der Waals surface area contributed by atoms with Gasteiger partial charge in [0.1, 0.15) is 0 Å². The van der Waals surface area contributed by atoms with E-state index in [1.54, 1.807) is 6.92 Å². The summed E-state index contributed by atoms with van der Waals surface area (Å²) in [6.45, 7) is 1.69. The first-order valence-corrected chi connectivity index (χ1v) is 3.83. The van der Waals surface area contributed by atoms with E-state index in [2.05, 4.69) is 0 Å². The van der Waals surface area contributed by atoms with Crippen molar-refractivity contribution in [1.82, 2.24) is 0 Å². The highest BCUT2D eigenvalue weighted by molar-refractivity contribution is 6.63. The van der Waals surface area contributed by atoms with Crippen LogP contribution in [0.25, 0.3) is 0 Å². The van der Waals surface area contributed by atoms with Crippen LogP contribution in [0.1, 0.15) is 26.2 Å². The molecule has 0 amide bonds. The van der Waals surface area contributed by atoms with Crippen LogP contribution >= 0.6 is 11.6 Å². The van der Waals surface area contributed by atoms with E-state index in [9.17, 15) is 9.59 Å². The zero-order valence-electron chi connectivity index (χ0n) is 6.34. The van der Waals surface area contributed by atoms with Gasteiger partial charge in [-0.25, -0.2) is 0 Å². The monoisotopic (exact) mass is 178 g/mol. The molecule has 3 nitrogen and oxygen atoms in total. The van der Waals surface area contributed by atoms with E-state index >= 15 is 0 Å². The van der Waals surface area contributed by atoms with Crippen molar-refractivity contribution < 1.29 is 14.7 Å². The second kappa shape index (κ2) is 5.13. The molecule has 0 fully saturated rings. The van der Waals surface area contributed by atoms with Crippen molar-refractivity contribution in [3.05, 3.63) is 0 Å². The Balaban J connectivity index is 3.39. The van der Waals surface area contributed by atoms with Gasteiger partial charge >= 0.3 is 5.97 Å². The summed E-state index contributed by atoms with van der Waals surface area (Å²) in [6, 6.07) is 0. The van der Waals surface area contributed by atoms with Crippen LogP contribution in [-0.4, -0.2) is 16.3 Å². The Bertz CT molecular complexity index is 156. The number of hydrogen-bond acceptors (Lipinski definition) is 2. The van der Waals surface area contributed by atoms with Crippen molar-refractivity contribution in [2.75, 3.05) is 0 Å². The predicted molar refractivity (Wildman–Crippen MR) is 41.5 cm³/mol. The first-order valence-electron chi connectivity index (χ1n) is 3.45. The second-order valence-electron chi connectivity index (χ2n) is 2.49. The van der Waals surface area contributed by atoms with E-state index in [1.165, 1.54) is 0 Å². The zero-order valence-corrected chi connectivity index (χ0v) is 7.10. The number of carboxylic acids is 1. The maximum Gasteiger partial charge on any atom is 0.303 e. The van der Waals surface area contributed by atoms with Gasteiger partial charge in [0.2, 0.25) is 5.24 Å². The number of carbonyl (C=O) groups excluding carboxylic acids is 1. The molecule has 0 bridgehead atoms. The van der Waals surface area contributed by atoms with Gasteiger partial charge in [-0.3, -0.25) is 9.59 Å². The van der Waals surface area contributed by atoms with Crippen LogP contribution in [0.3, 0.4) is 0 Å². The molecule has 11 heavy (non-hydrogen) atoms. The third kappa shape index (κ3) is 5.85. The fourth-order valence-electron chi connectivity index (χ4n) is 0.673. The maximum atomic E-state index is 10.4. The Hall–Kier alpha value is -0.570. The van der Waals surface area contributed by atoms with Gasteiger partial charge in [0.05, 0.1) is 0 Å². The molecule has 0 aromatic heterocycles. The fraction of sp³-hybridized carbons (Fsp3) is 0.714. The number of rotatable bonds is 5. The number of halogens is 1. The lowest BCUT2D eigenvalue weighted by Crippen LogP contribution is -2.04. The fourth-order valence-corrected chi connectivity index (χ4v) is 0.782. The topological polar surface area (TPSA) is 54.4 Å². The highest BCUT2D eigenvalue weighted by atomic mass is 35.5. The summed E-state index contributed by atoms with van der Waals surface area (Å²) in [7, 11) is 0. The lowest BCUT2D eigenvalue weighted by Gasteiger charge is -2.02. The van der Waals surface area contributed by atoms with Crippen LogP contribution in [0, 0.1) is 5.92 Å². The van der Waals surface area contributed by atoms with Crippen molar-refractivity contribution in [3.8, 4) is 0 Å². The van der Waals surface area contributed by atoms with Gasteiger partial charge in [-0.05, 0) is 24.4 Å². The predicted octanol–water partition coefficient (Wildman–Crippen LogP) is 1.64. The number of carboxylic acid groups (broad SMARTS) is 1. The van der Waals surface area contributed by atoms with Crippen molar-refractivity contribution in [2.45, 2.75) is 26.2 Å². The molecule has 0 rings (SSSR count). The number of hydrogen-bond donors (Lipinski definition) is 1. The third-order valence-corrected chi connectivity index (χ3v) is 1.79. The van der Waals surface area contributed by atoms with Crippen LogP contribution in [0.4, 0.5) is 0 Å². The second-order valence-corrected chi connectivity index (χ2v) is 2.86. The molecular formula is C7H11ClO3. The molecule has 4 heteroatoms. The molecule has 64 valence electrons. The normalized spacial score (nSPS) is 12.5. The quantitative estimate of drug-likeness (QED) is 0.652. The molecule has 0 saturated carbocycles. The minimum Gasteiger partial charge on any atom is -0.481 e. The number of aliphatic carboxylic acids is 1. The molecule has 0 heterocycles. The average molecular weight is 179 g/mol. The number of carbonyl (C=O) groups is 2. The molecule has 0 aromatic carbocycles. The van der Waals surface area contributed by atoms with Crippen LogP contribution in [0.5, 0.6) is 0 Å². The van der Waals surface area contributed by atoms with Gasteiger partial charge in [-0.2, -0.15) is 0 Å². The Kier molecular flexibility index (Phi) is 4.86. The molecule has 0 aromatic rings. The minimum absolute atomic E-state index is 0.106. The lowest BCUT2D eigenvalue weighted by atomic mass is 10.1. The molecule has 0 saturated heterocycles. The summed E-state index contributed by atoms with van der Waals surface area (Å²) in [5.41, 5.74) is 0. The molecule has 0 radical (unpaired) electrons. The average Bonchev–Trinajstić information content (AvgIpc) is 1.86. The molecule has 0 aliphatic carbocycles. The van der Waals surface area contributed by atoms with E-state index in [-0.39, 0.29) is 12.3 Å². The van der Waals surface area contributed by atoms with Crippen molar-refractivity contribution in [2.24, 2.45) is 5.92 Å². The summed E-state index contributed by atoms with van der Waals surface area (Å²) in [4.78, 5) is 20.5. The van der Waals surface area contributed by atoms with E-state index in [1.807, 2.05) is 0 Å². The van der Waals surface area contributed by atoms with Gasteiger partial charge in [0.15, 0.2) is 0 Å². The zero-order chi connectivity index (χ0) is 8.85. The standard InChI is InChI=1S/C7H11ClO3/c1-5(7(8)11)3-2-4-6(9)10/h5H,2-4H2,1H3,(H,9,10). The molecule has 0 aliphatic heterocycles. The van der Waals surface area contributed by atoms with Crippen LogP contribution in [-0.2, 0) is 9.59 Å². The first-order chi connectivity index (χ1) is 5.04. The summed E-state index contributed by atoms with van der Waals surface area (Å²) >= 11 is 5.16. The molecule has 0 aliphatic rings. The van der Waals surface area contributed by atoms with E-state index in [0.717, 1.165) is 0 Å². The first kappa shape index (κ1) is 10.4. The Morgan fingerprint density at radius 2 is 2.09 bits per heavy atom. The Morgan fingerprint density at radius 1 is 1.55 bits per heavy atom. The van der Waals surface area contributed by atoms with Gasteiger partial charge < -0.3 is 5.11 Å².